The van der Waals surface area contributed by atoms with Crippen LogP contribution in [0.5, 0.6) is 0 Å². The second kappa shape index (κ2) is 7.92. The van der Waals surface area contributed by atoms with Crippen molar-refractivity contribution >= 4 is 28.8 Å². The van der Waals surface area contributed by atoms with Crippen LogP contribution in [0.2, 0.25) is 5.02 Å². The summed E-state index contributed by atoms with van der Waals surface area (Å²) in [6.07, 6.45) is 4.42. The Morgan fingerprint density at radius 3 is 2.73 bits per heavy atom. The summed E-state index contributed by atoms with van der Waals surface area (Å²) in [6, 6.07) is 11.6. The van der Waals surface area contributed by atoms with E-state index in [0.29, 0.717) is 16.6 Å². The van der Waals surface area contributed by atoms with Gasteiger partial charge in [-0.1, -0.05) is 57.0 Å². The second-order valence-electron chi connectivity index (χ2n) is 6.58. The fourth-order valence-electron chi connectivity index (χ4n) is 3.16. The molecule has 1 N–H and O–H groups in total. The Morgan fingerprint density at radius 1 is 1.23 bits per heavy atom. The molecule has 136 valence electrons. The molecule has 0 aliphatic heterocycles. The van der Waals surface area contributed by atoms with Crippen molar-refractivity contribution in [3.8, 4) is 0 Å². The van der Waals surface area contributed by atoms with Crippen molar-refractivity contribution in [2.24, 2.45) is 0 Å². The average Bonchev–Trinajstić information content (AvgIpc) is 2.99. The molecule has 1 aromatic carbocycles. The minimum absolute atomic E-state index is 0.154. The number of carbonyl (C=O) groups excluding carboxylic acids is 1. The van der Waals surface area contributed by atoms with Gasteiger partial charge in [-0.3, -0.25) is 9.20 Å². The van der Waals surface area contributed by atoms with Crippen LogP contribution in [0, 0.1) is 0 Å². The summed E-state index contributed by atoms with van der Waals surface area (Å²) >= 11 is 6.15. The molecule has 4 nitrogen and oxygen atoms in total. The average molecular weight is 370 g/mol. The van der Waals surface area contributed by atoms with Gasteiger partial charge in [0.1, 0.15) is 11.3 Å². The Bertz CT molecular complexity index is 932. The number of hydrogen-bond donors (Lipinski definition) is 1. The number of aryl methyl sites for hydroxylation is 1. The highest BCUT2D eigenvalue weighted by atomic mass is 35.5. The molecule has 2 aromatic heterocycles. The summed E-state index contributed by atoms with van der Waals surface area (Å²) in [7, 11) is 0. The molecule has 0 fully saturated rings. The summed E-state index contributed by atoms with van der Waals surface area (Å²) in [5, 5.41) is 3.67. The zero-order valence-corrected chi connectivity index (χ0v) is 16.2. The van der Waals surface area contributed by atoms with Gasteiger partial charge in [0, 0.05) is 11.9 Å². The van der Waals surface area contributed by atoms with Crippen molar-refractivity contribution in [1.82, 2.24) is 9.38 Å². The first-order valence-corrected chi connectivity index (χ1v) is 9.49. The number of hydrogen-bond acceptors (Lipinski definition) is 2. The Morgan fingerprint density at radius 2 is 2.00 bits per heavy atom. The predicted molar refractivity (Wildman–Crippen MR) is 107 cm³/mol. The number of para-hydroxylation sites is 1. The summed E-state index contributed by atoms with van der Waals surface area (Å²) in [4.78, 5) is 17.8. The van der Waals surface area contributed by atoms with Crippen LogP contribution in [-0.4, -0.2) is 15.3 Å². The van der Waals surface area contributed by atoms with Crippen LogP contribution in [-0.2, 0) is 6.42 Å². The predicted octanol–water partition coefficient (Wildman–Crippen LogP) is 5.71. The first kappa shape index (κ1) is 18.5. The molecule has 5 heteroatoms. The number of nitrogens with zero attached hydrogens (tertiary/aromatic N) is 2. The molecule has 0 aliphatic carbocycles. The maximum atomic E-state index is 13.1. The molecule has 26 heavy (non-hydrogen) atoms. The van der Waals surface area contributed by atoms with Crippen LogP contribution in [0.3, 0.4) is 0 Å². The minimum atomic E-state index is -0.154. The lowest BCUT2D eigenvalue weighted by atomic mass is 9.97. The van der Waals surface area contributed by atoms with E-state index in [9.17, 15) is 4.79 Å². The van der Waals surface area contributed by atoms with E-state index in [2.05, 4.69) is 37.1 Å². The maximum Gasteiger partial charge on any atom is 0.274 e. The molecule has 0 aliphatic rings. The quantitative estimate of drug-likeness (QED) is 0.605. The molecule has 0 bridgehead atoms. The van der Waals surface area contributed by atoms with Crippen molar-refractivity contribution in [3.05, 3.63) is 64.6 Å². The Hall–Kier alpha value is -2.33. The SMILES string of the molecule is CCCc1nc2ccc(Cl)cn2c1C(=O)Nc1ccccc1C(C)CC. The fraction of sp³-hybridized carbons (Fsp3) is 0.333. The van der Waals surface area contributed by atoms with Crippen LogP contribution in [0.25, 0.3) is 5.65 Å². The normalized spacial score (nSPS) is 12.3. The fourth-order valence-corrected chi connectivity index (χ4v) is 3.32. The number of benzene rings is 1. The summed E-state index contributed by atoms with van der Waals surface area (Å²) in [6.45, 7) is 6.40. The highest BCUT2D eigenvalue weighted by Crippen LogP contribution is 2.27. The van der Waals surface area contributed by atoms with Gasteiger partial charge in [0.25, 0.3) is 5.91 Å². The molecule has 3 rings (SSSR count). The molecule has 0 saturated carbocycles. The lowest BCUT2D eigenvalue weighted by molar-refractivity contribution is 0.102. The van der Waals surface area contributed by atoms with Crippen LogP contribution in [0.15, 0.2) is 42.6 Å². The van der Waals surface area contributed by atoms with Gasteiger partial charge < -0.3 is 5.32 Å². The van der Waals surface area contributed by atoms with E-state index in [1.165, 1.54) is 0 Å². The van der Waals surface area contributed by atoms with Gasteiger partial charge in [0.15, 0.2) is 0 Å². The summed E-state index contributed by atoms with van der Waals surface area (Å²) in [5.41, 5.74) is 4.09. The van der Waals surface area contributed by atoms with E-state index in [1.54, 1.807) is 16.7 Å². The van der Waals surface area contributed by atoms with Gasteiger partial charge in [-0.25, -0.2) is 4.98 Å². The van der Waals surface area contributed by atoms with E-state index >= 15 is 0 Å². The van der Waals surface area contributed by atoms with Crippen molar-refractivity contribution in [3.63, 3.8) is 0 Å². The summed E-state index contributed by atoms with van der Waals surface area (Å²) < 4.78 is 1.79. The van der Waals surface area contributed by atoms with Gasteiger partial charge in [0.2, 0.25) is 0 Å². The number of amides is 1. The van der Waals surface area contributed by atoms with Gasteiger partial charge in [-0.05, 0) is 42.5 Å². The van der Waals surface area contributed by atoms with Gasteiger partial charge in [-0.15, -0.1) is 0 Å². The number of rotatable bonds is 6. The van der Waals surface area contributed by atoms with E-state index in [0.717, 1.165) is 41.9 Å². The van der Waals surface area contributed by atoms with E-state index in [4.69, 9.17) is 11.6 Å². The van der Waals surface area contributed by atoms with Crippen molar-refractivity contribution in [2.75, 3.05) is 5.32 Å². The van der Waals surface area contributed by atoms with Crippen LogP contribution < -0.4 is 5.32 Å². The van der Waals surface area contributed by atoms with Crippen LogP contribution in [0.1, 0.15) is 61.3 Å². The third kappa shape index (κ3) is 3.61. The maximum absolute atomic E-state index is 13.1. The molecule has 2 heterocycles. The third-order valence-electron chi connectivity index (χ3n) is 4.71. The second-order valence-corrected chi connectivity index (χ2v) is 7.02. The lowest BCUT2D eigenvalue weighted by Gasteiger charge is -2.16. The van der Waals surface area contributed by atoms with Crippen molar-refractivity contribution in [2.45, 2.75) is 46.0 Å². The number of fused-ring (bicyclic) bond motifs is 1. The zero-order valence-electron chi connectivity index (χ0n) is 15.4. The van der Waals surface area contributed by atoms with Crippen LogP contribution >= 0.6 is 11.6 Å². The first-order valence-electron chi connectivity index (χ1n) is 9.11. The molecule has 1 atom stereocenters. The molecule has 1 unspecified atom stereocenters. The number of aromatic nitrogens is 2. The number of pyridine rings is 1. The Labute approximate surface area is 159 Å². The van der Waals surface area contributed by atoms with E-state index < -0.39 is 0 Å². The third-order valence-corrected chi connectivity index (χ3v) is 4.93. The molecular formula is C21H24ClN3O. The van der Waals surface area contributed by atoms with Gasteiger partial charge in [0.05, 0.1) is 10.7 Å². The van der Waals surface area contributed by atoms with Crippen molar-refractivity contribution < 1.29 is 4.79 Å². The Balaban J connectivity index is 2.03. The molecule has 0 saturated heterocycles. The highest BCUT2D eigenvalue weighted by molar-refractivity contribution is 6.30. The zero-order chi connectivity index (χ0) is 18.7. The smallest absolute Gasteiger partial charge is 0.274 e. The molecule has 3 aromatic rings. The number of carbonyl (C=O) groups is 1. The van der Waals surface area contributed by atoms with Gasteiger partial charge in [-0.2, -0.15) is 0 Å². The van der Waals surface area contributed by atoms with E-state index in [1.807, 2.05) is 24.3 Å². The molecule has 1 amide bonds. The monoisotopic (exact) mass is 369 g/mol. The standard InChI is InChI=1S/C21H24ClN3O/c1-4-8-18-20(25-13-15(22)11-12-19(25)23-18)21(26)24-17-10-7-6-9-16(17)14(3)5-2/h6-7,9-14H,4-5,8H2,1-3H3,(H,24,26). The van der Waals surface area contributed by atoms with Crippen LogP contribution in [0.4, 0.5) is 5.69 Å². The number of imidazole rings is 1. The highest BCUT2D eigenvalue weighted by Gasteiger charge is 2.20. The number of nitrogens with one attached hydrogen (secondary N) is 1. The topological polar surface area (TPSA) is 46.4 Å². The molecule has 0 radical (unpaired) electrons. The summed E-state index contributed by atoms with van der Waals surface area (Å²) in [5.74, 6) is 0.220. The minimum Gasteiger partial charge on any atom is -0.320 e. The van der Waals surface area contributed by atoms with E-state index in [-0.39, 0.29) is 5.91 Å². The number of anilines is 1. The first-order chi connectivity index (χ1) is 12.5. The lowest BCUT2D eigenvalue weighted by Crippen LogP contribution is -2.17. The largest absolute Gasteiger partial charge is 0.320 e. The Kier molecular flexibility index (Phi) is 5.62. The van der Waals surface area contributed by atoms with Crippen molar-refractivity contribution in [1.29, 1.82) is 0 Å². The van der Waals surface area contributed by atoms with Gasteiger partial charge >= 0.3 is 0 Å². The molecule has 0 spiro atoms. The number of halogens is 1. The molecular weight excluding hydrogens is 346 g/mol.